The van der Waals surface area contributed by atoms with Gasteiger partial charge in [0.25, 0.3) is 5.91 Å². The molecule has 0 radical (unpaired) electrons. The quantitative estimate of drug-likeness (QED) is 0.866. The number of pyridine rings is 1. The standard InChI is InChI=1S/C18H21FN4O/c1-21(2)17-8-3-14(13-20-17)18(24)23-11-9-22(10-12-23)16-6-4-15(19)5-7-16/h3-8,13H,9-12H2,1-2H3. The smallest absolute Gasteiger partial charge is 0.255 e. The summed E-state index contributed by atoms with van der Waals surface area (Å²) in [5, 5.41) is 0. The van der Waals surface area contributed by atoms with Gasteiger partial charge in [-0.3, -0.25) is 4.79 Å². The highest BCUT2D eigenvalue weighted by molar-refractivity contribution is 5.94. The molecule has 6 heteroatoms. The zero-order chi connectivity index (χ0) is 17.1. The van der Waals surface area contributed by atoms with Crippen molar-refractivity contribution < 1.29 is 9.18 Å². The third kappa shape index (κ3) is 3.48. The molecule has 0 aliphatic carbocycles. The maximum Gasteiger partial charge on any atom is 0.255 e. The van der Waals surface area contributed by atoms with E-state index in [0.717, 1.165) is 24.6 Å². The fraction of sp³-hybridized carbons (Fsp3) is 0.333. The Bertz CT molecular complexity index is 692. The first-order valence-corrected chi connectivity index (χ1v) is 7.98. The fourth-order valence-corrected chi connectivity index (χ4v) is 2.78. The van der Waals surface area contributed by atoms with Crippen LogP contribution >= 0.6 is 0 Å². The molecule has 1 aromatic carbocycles. The second kappa shape index (κ2) is 6.86. The molecule has 1 aromatic heterocycles. The van der Waals surface area contributed by atoms with Gasteiger partial charge in [-0.05, 0) is 36.4 Å². The first-order valence-electron chi connectivity index (χ1n) is 7.98. The highest BCUT2D eigenvalue weighted by Crippen LogP contribution is 2.18. The number of hydrogen-bond acceptors (Lipinski definition) is 4. The van der Waals surface area contributed by atoms with E-state index in [1.54, 1.807) is 18.3 Å². The maximum atomic E-state index is 13.0. The molecular formula is C18H21FN4O. The molecular weight excluding hydrogens is 307 g/mol. The number of rotatable bonds is 3. The number of piperazine rings is 1. The van der Waals surface area contributed by atoms with Crippen LogP contribution in [-0.4, -0.2) is 56.1 Å². The molecule has 0 saturated carbocycles. The molecule has 5 nitrogen and oxygen atoms in total. The summed E-state index contributed by atoms with van der Waals surface area (Å²) in [5.41, 5.74) is 1.59. The second-order valence-corrected chi connectivity index (χ2v) is 6.06. The van der Waals surface area contributed by atoms with Crippen LogP contribution in [0.4, 0.5) is 15.9 Å². The molecule has 0 atom stereocenters. The van der Waals surface area contributed by atoms with Crippen molar-refractivity contribution in [2.75, 3.05) is 50.1 Å². The van der Waals surface area contributed by atoms with E-state index in [1.807, 2.05) is 36.0 Å². The van der Waals surface area contributed by atoms with Gasteiger partial charge >= 0.3 is 0 Å². The zero-order valence-corrected chi connectivity index (χ0v) is 13.9. The molecule has 126 valence electrons. The Morgan fingerprint density at radius 3 is 2.25 bits per heavy atom. The third-order valence-electron chi connectivity index (χ3n) is 4.21. The van der Waals surface area contributed by atoms with E-state index in [4.69, 9.17) is 0 Å². The number of hydrogen-bond donors (Lipinski definition) is 0. The lowest BCUT2D eigenvalue weighted by molar-refractivity contribution is 0.0746. The van der Waals surface area contributed by atoms with Crippen molar-refractivity contribution in [1.82, 2.24) is 9.88 Å². The Hall–Kier alpha value is -2.63. The normalized spacial score (nSPS) is 14.6. The molecule has 0 unspecified atom stereocenters. The minimum Gasteiger partial charge on any atom is -0.368 e. The lowest BCUT2D eigenvalue weighted by atomic mass is 10.2. The summed E-state index contributed by atoms with van der Waals surface area (Å²) in [4.78, 5) is 22.8. The second-order valence-electron chi connectivity index (χ2n) is 6.06. The van der Waals surface area contributed by atoms with Gasteiger partial charge in [-0.1, -0.05) is 0 Å². The fourth-order valence-electron chi connectivity index (χ4n) is 2.78. The molecule has 1 aliphatic rings. The van der Waals surface area contributed by atoms with E-state index in [2.05, 4.69) is 9.88 Å². The molecule has 0 bridgehead atoms. The van der Waals surface area contributed by atoms with E-state index < -0.39 is 0 Å². The highest BCUT2D eigenvalue weighted by atomic mass is 19.1. The monoisotopic (exact) mass is 328 g/mol. The predicted molar refractivity (Wildman–Crippen MR) is 93.1 cm³/mol. The van der Waals surface area contributed by atoms with E-state index in [-0.39, 0.29) is 11.7 Å². The zero-order valence-electron chi connectivity index (χ0n) is 13.9. The van der Waals surface area contributed by atoms with Crippen LogP contribution in [-0.2, 0) is 0 Å². The van der Waals surface area contributed by atoms with Crippen LogP contribution in [0, 0.1) is 5.82 Å². The van der Waals surface area contributed by atoms with Gasteiger partial charge in [-0.15, -0.1) is 0 Å². The Kier molecular flexibility index (Phi) is 4.64. The van der Waals surface area contributed by atoms with E-state index >= 15 is 0 Å². The van der Waals surface area contributed by atoms with Crippen molar-refractivity contribution in [2.24, 2.45) is 0 Å². The number of halogens is 1. The van der Waals surface area contributed by atoms with Gasteiger partial charge in [0.05, 0.1) is 5.56 Å². The van der Waals surface area contributed by atoms with Gasteiger partial charge in [0, 0.05) is 52.2 Å². The predicted octanol–water partition coefficient (Wildman–Crippen LogP) is 2.25. The van der Waals surface area contributed by atoms with Crippen LogP contribution in [0.3, 0.4) is 0 Å². The average Bonchev–Trinajstić information content (AvgIpc) is 2.62. The molecule has 2 heterocycles. The van der Waals surface area contributed by atoms with Crippen LogP contribution in [0.15, 0.2) is 42.6 Å². The molecule has 1 fully saturated rings. The minimum absolute atomic E-state index is 0.00608. The molecule has 1 saturated heterocycles. The Labute approximate surface area is 141 Å². The number of aromatic nitrogens is 1. The van der Waals surface area contributed by atoms with Gasteiger partial charge in [0.2, 0.25) is 0 Å². The van der Waals surface area contributed by atoms with Gasteiger partial charge in [-0.25, -0.2) is 9.37 Å². The van der Waals surface area contributed by atoms with Gasteiger partial charge in [-0.2, -0.15) is 0 Å². The molecule has 3 rings (SSSR count). The SMILES string of the molecule is CN(C)c1ccc(C(=O)N2CCN(c3ccc(F)cc3)CC2)cn1. The van der Waals surface area contributed by atoms with Crippen molar-refractivity contribution in [1.29, 1.82) is 0 Å². The van der Waals surface area contributed by atoms with Crippen LogP contribution in [0.2, 0.25) is 0 Å². The number of benzene rings is 1. The summed E-state index contributed by atoms with van der Waals surface area (Å²) in [6, 6.07) is 10.1. The third-order valence-corrected chi connectivity index (χ3v) is 4.21. The molecule has 1 amide bonds. The topological polar surface area (TPSA) is 39.7 Å². The summed E-state index contributed by atoms with van der Waals surface area (Å²) < 4.78 is 13.0. The summed E-state index contributed by atoms with van der Waals surface area (Å²) in [5.74, 6) is 0.598. The average molecular weight is 328 g/mol. The minimum atomic E-state index is -0.235. The van der Waals surface area contributed by atoms with Crippen LogP contribution in [0.1, 0.15) is 10.4 Å². The number of nitrogens with zero attached hydrogens (tertiary/aromatic N) is 4. The number of anilines is 2. The van der Waals surface area contributed by atoms with Crippen LogP contribution < -0.4 is 9.80 Å². The summed E-state index contributed by atoms with van der Waals surface area (Å²) in [6.45, 7) is 2.76. The first-order chi connectivity index (χ1) is 11.5. The molecule has 0 N–H and O–H groups in total. The summed E-state index contributed by atoms with van der Waals surface area (Å²) >= 11 is 0. The Morgan fingerprint density at radius 2 is 1.71 bits per heavy atom. The van der Waals surface area contributed by atoms with Crippen molar-refractivity contribution in [3.8, 4) is 0 Å². The van der Waals surface area contributed by atoms with E-state index in [1.165, 1.54) is 12.1 Å². The molecule has 2 aromatic rings. The largest absolute Gasteiger partial charge is 0.368 e. The highest BCUT2D eigenvalue weighted by Gasteiger charge is 2.22. The van der Waals surface area contributed by atoms with E-state index in [9.17, 15) is 9.18 Å². The Balaban J connectivity index is 1.61. The lowest BCUT2D eigenvalue weighted by Gasteiger charge is -2.36. The van der Waals surface area contributed by atoms with Crippen molar-refractivity contribution >= 4 is 17.4 Å². The molecule has 1 aliphatic heterocycles. The maximum absolute atomic E-state index is 13.0. The lowest BCUT2D eigenvalue weighted by Crippen LogP contribution is -2.48. The van der Waals surface area contributed by atoms with Gasteiger partial charge < -0.3 is 14.7 Å². The van der Waals surface area contributed by atoms with Crippen LogP contribution in [0.25, 0.3) is 0 Å². The summed E-state index contributed by atoms with van der Waals surface area (Å²) in [6.07, 6.45) is 1.63. The van der Waals surface area contributed by atoms with Gasteiger partial charge in [0.15, 0.2) is 0 Å². The van der Waals surface area contributed by atoms with Gasteiger partial charge in [0.1, 0.15) is 11.6 Å². The number of carbonyl (C=O) groups excluding carboxylic acids is 1. The molecule has 24 heavy (non-hydrogen) atoms. The van der Waals surface area contributed by atoms with Crippen LogP contribution in [0.5, 0.6) is 0 Å². The first kappa shape index (κ1) is 16.2. The van der Waals surface area contributed by atoms with E-state index in [0.29, 0.717) is 18.7 Å². The van der Waals surface area contributed by atoms with Crippen molar-refractivity contribution in [3.05, 3.63) is 54.0 Å². The Morgan fingerprint density at radius 1 is 1.04 bits per heavy atom. The number of amides is 1. The number of carbonyl (C=O) groups is 1. The summed E-state index contributed by atoms with van der Waals surface area (Å²) in [7, 11) is 3.83. The van der Waals surface area contributed by atoms with Crippen molar-refractivity contribution in [2.45, 2.75) is 0 Å². The van der Waals surface area contributed by atoms with Crippen molar-refractivity contribution in [3.63, 3.8) is 0 Å². The molecule has 0 spiro atoms.